The van der Waals surface area contributed by atoms with Gasteiger partial charge in [-0.3, -0.25) is 4.79 Å². The normalized spacial score (nSPS) is 46.0. The number of aliphatic hydroxyl groups is 2. The maximum atomic E-state index is 11.5. The molecule has 1 saturated carbocycles. The lowest BCUT2D eigenvalue weighted by Crippen LogP contribution is -2.47. The van der Waals surface area contributed by atoms with E-state index < -0.39 is 12.2 Å². The lowest BCUT2D eigenvalue weighted by molar-refractivity contribution is -0.118. The summed E-state index contributed by atoms with van der Waals surface area (Å²) in [6.07, 6.45) is 2.02. The molecule has 0 radical (unpaired) electrons. The van der Waals surface area contributed by atoms with Crippen LogP contribution in [0.15, 0.2) is 11.6 Å². The lowest BCUT2D eigenvalue weighted by atomic mass is 9.59. The van der Waals surface area contributed by atoms with Crippen molar-refractivity contribution in [3.63, 3.8) is 0 Å². The van der Waals surface area contributed by atoms with E-state index in [2.05, 4.69) is 13.8 Å². The molecule has 2 N–H and O–H groups in total. The molecule has 0 spiro atoms. The molecule has 0 heterocycles. The van der Waals surface area contributed by atoms with Crippen LogP contribution in [0.3, 0.4) is 0 Å². The first-order chi connectivity index (χ1) is 6.95. The van der Waals surface area contributed by atoms with Crippen molar-refractivity contribution in [2.24, 2.45) is 11.3 Å². The molecule has 2 rings (SSSR count). The third kappa shape index (κ3) is 1.54. The third-order valence-electron chi connectivity index (χ3n) is 4.21. The Kier molecular flexibility index (Phi) is 2.47. The molecule has 0 aromatic heterocycles. The molecular weight excluding hydrogens is 192 g/mol. The summed E-state index contributed by atoms with van der Waals surface area (Å²) in [7, 11) is 0. The summed E-state index contributed by atoms with van der Waals surface area (Å²) >= 11 is 0. The van der Waals surface area contributed by atoms with Crippen LogP contribution in [0.25, 0.3) is 0 Å². The van der Waals surface area contributed by atoms with Crippen molar-refractivity contribution in [2.45, 2.75) is 45.3 Å². The van der Waals surface area contributed by atoms with Crippen LogP contribution in [-0.4, -0.2) is 28.2 Å². The topological polar surface area (TPSA) is 57.5 Å². The van der Waals surface area contributed by atoms with Gasteiger partial charge in [0.2, 0.25) is 0 Å². The van der Waals surface area contributed by atoms with Gasteiger partial charge in [0.25, 0.3) is 0 Å². The largest absolute Gasteiger partial charge is 0.390 e. The molecule has 0 bridgehead atoms. The van der Waals surface area contributed by atoms with Crippen LogP contribution in [0, 0.1) is 11.3 Å². The number of fused-ring (bicyclic) bond motifs is 1. The number of hydrogen-bond acceptors (Lipinski definition) is 3. The molecule has 3 nitrogen and oxygen atoms in total. The fraction of sp³-hybridized carbons (Fsp3) is 0.750. The van der Waals surface area contributed by atoms with Gasteiger partial charge >= 0.3 is 0 Å². The summed E-state index contributed by atoms with van der Waals surface area (Å²) < 4.78 is 0. The Morgan fingerprint density at radius 1 is 1.47 bits per heavy atom. The third-order valence-corrected chi connectivity index (χ3v) is 4.21. The molecule has 2 aliphatic rings. The van der Waals surface area contributed by atoms with E-state index in [1.54, 1.807) is 6.08 Å². The van der Waals surface area contributed by atoms with Crippen molar-refractivity contribution in [2.75, 3.05) is 0 Å². The summed E-state index contributed by atoms with van der Waals surface area (Å²) in [5, 5.41) is 19.5. The van der Waals surface area contributed by atoms with E-state index in [1.807, 2.05) is 0 Å². The van der Waals surface area contributed by atoms with Crippen LogP contribution in [0.4, 0.5) is 0 Å². The number of allylic oxidation sites excluding steroid dienone is 1. The van der Waals surface area contributed by atoms with Gasteiger partial charge in [-0.05, 0) is 35.8 Å². The first-order valence-corrected chi connectivity index (χ1v) is 5.56. The molecule has 0 aliphatic heterocycles. The van der Waals surface area contributed by atoms with E-state index in [1.165, 1.54) is 0 Å². The van der Waals surface area contributed by atoms with Crippen molar-refractivity contribution in [1.82, 2.24) is 0 Å². The Morgan fingerprint density at radius 2 is 2.13 bits per heavy atom. The summed E-state index contributed by atoms with van der Waals surface area (Å²) in [5.74, 6) is 0.329. The number of hydrogen-bond donors (Lipinski definition) is 2. The smallest absolute Gasteiger partial charge is 0.156 e. The SMILES string of the molecule is C[C@@H]1CC(=O)C=C2C(O)C(O)CC[C@]21C. The van der Waals surface area contributed by atoms with Crippen LogP contribution in [0.1, 0.15) is 33.1 Å². The van der Waals surface area contributed by atoms with Gasteiger partial charge < -0.3 is 10.2 Å². The van der Waals surface area contributed by atoms with Gasteiger partial charge in [0, 0.05) is 6.42 Å². The molecule has 0 aromatic rings. The monoisotopic (exact) mass is 210 g/mol. The van der Waals surface area contributed by atoms with Crippen molar-refractivity contribution >= 4 is 5.78 Å². The Balaban J connectivity index is 2.41. The second kappa shape index (κ2) is 3.42. The van der Waals surface area contributed by atoms with Crippen LogP contribution in [0.5, 0.6) is 0 Å². The zero-order valence-corrected chi connectivity index (χ0v) is 9.23. The second-order valence-electron chi connectivity index (χ2n) is 5.14. The second-order valence-corrected chi connectivity index (χ2v) is 5.14. The predicted octanol–water partition coefficient (Wildman–Crippen LogP) is 1.04. The van der Waals surface area contributed by atoms with Gasteiger partial charge in [0.15, 0.2) is 5.78 Å². The molecule has 0 saturated heterocycles. The molecule has 84 valence electrons. The number of rotatable bonds is 0. The maximum absolute atomic E-state index is 11.5. The standard InChI is InChI=1S/C12H18O3/c1-7-5-8(13)6-9-11(15)10(14)3-4-12(7,9)2/h6-7,10-11,14-15H,3-5H2,1-2H3/t7-,10?,11?,12+/m1/s1. The number of ketones is 1. The van der Waals surface area contributed by atoms with E-state index >= 15 is 0 Å². The van der Waals surface area contributed by atoms with Gasteiger partial charge in [-0.25, -0.2) is 0 Å². The zero-order chi connectivity index (χ0) is 11.2. The predicted molar refractivity (Wildman–Crippen MR) is 56.2 cm³/mol. The van der Waals surface area contributed by atoms with E-state index in [0.717, 1.165) is 12.0 Å². The highest BCUT2D eigenvalue weighted by molar-refractivity contribution is 5.92. The molecule has 2 aliphatic carbocycles. The Hall–Kier alpha value is -0.670. The quantitative estimate of drug-likeness (QED) is 0.628. The van der Waals surface area contributed by atoms with Crippen LogP contribution >= 0.6 is 0 Å². The highest BCUT2D eigenvalue weighted by atomic mass is 16.3. The maximum Gasteiger partial charge on any atom is 0.156 e. The summed E-state index contributed by atoms with van der Waals surface area (Å²) in [6, 6.07) is 0. The summed E-state index contributed by atoms with van der Waals surface area (Å²) in [4.78, 5) is 11.5. The van der Waals surface area contributed by atoms with E-state index in [0.29, 0.717) is 12.8 Å². The Bertz CT molecular complexity index is 321. The van der Waals surface area contributed by atoms with Gasteiger partial charge in [0.05, 0.1) is 6.10 Å². The highest BCUT2D eigenvalue weighted by Crippen LogP contribution is 2.49. The molecule has 3 heteroatoms. The van der Waals surface area contributed by atoms with Gasteiger partial charge in [-0.15, -0.1) is 0 Å². The van der Waals surface area contributed by atoms with E-state index in [9.17, 15) is 15.0 Å². The molecule has 15 heavy (non-hydrogen) atoms. The fourth-order valence-corrected chi connectivity index (χ4v) is 2.84. The molecule has 2 unspecified atom stereocenters. The first-order valence-electron chi connectivity index (χ1n) is 5.56. The van der Waals surface area contributed by atoms with Crippen molar-refractivity contribution in [3.8, 4) is 0 Å². The summed E-state index contributed by atoms with van der Waals surface area (Å²) in [6.45, 7) is 4.14. The molecule has 0 amide bonds. The first kappa shape index (κ1) is 10.8. The van der Waals surface area contributed by atoms with Crippen LogP contribution in [-0.2, 0) is 4.79 Å². The fourth-order valence-electron chi connectivity index (χ4n) is 2.84. The highest BCUT2D eigenvalue weighted by Gasteiger charge is 2.46. The van der Waals surface area contributed by atoms with Gasteiger partial charge in [-0.2, -0.15) is 0 Å². The number of carbonyl (C=O) groups excluding carboxylic acids is 1. The van der Waals surface area contributed by atoms with Gasteiger partial charge in [-0.1, -0.05) is 13.8 Å². The lowest BCUT2D eigenvalue weighted by Gasteiger charge is -2.47. The average molecular weight is 210 g/mol. The minimum atomic E-state index is -0.851. The van der Waals surface area contributed by atoms with E-state index in [4.69, 9.17) is 0 Å². The van der Waals surface area contributed by atoms with Gasteiger partial charge in [0.1, 0.15) is 6.10 Å². The van der Waals surface area contributed by atoms with Crippen LogP contribution < -0.4 is 0 Å². The number of carbonyl (C=O) groups is 1. The average Bonchev–Trinajstić information content (AvgIpc) is 2.17. The molecule has 0 aromatic carbocycles. The van der Waals surface area contributed by atoms with Crippen molar-refractivity contribution in [3.05, 3.63) is 11.6 Å². The minimum absolute atomic E-state index is 0.0723. The van der Waals surface area contributed by atoms with E-state index in [-0.39, 0.29) is 17.1 Å². The van der Waals surface area contributed by atoms with Crippen LogP contribution in [0.2, 0.25) is 0 Å². The number of aliphatic hydroxyl groups excluding tert-OH is 2. The molecule has 1 fully saturated rings. The minimum Gasteiger partial charge on any atom is -0.390 e. The molecule has 4 atom stereocenters. The van der Waals surface area contributed by atoms with Crippen molar-refractivity contribution < 1.29 is 15.0 Å². The molecular formula is C12H18O3. The Morgan fingerprint density at radius 3 is 2.80 bits per heavy atom. The Labute approximate surface area is 89.8 Å². The zero-order valence-electron chi connectivity index (χ0n) is 9.23. The summed E-state index contributed by atoms with van der Waals surface area (Å²) in [5.41, 5.74) is 0.636. The van der Waals surface area contributed by atoms with Crippen molar-refractivity contribution in [1.29, 1.82) is 0 Å².